The number of amides is 2. The summed E-state index contributed by atoms with van der Waals surface area (Å²) in [5.74, 6) is -0.0162. The van der Waals surface area contributed by atoms with Crippen LogP contribution in [-0.4, -0.2) is 35.1 Å². The van der Waals surface area contributed by atoms with E-state index >= 15 is 0 Å². The van der Waals surface area contributed by atoms with Crippen molar-refractivity contribution in [3.63, 3.8) is 0 Å². The fourth-order valence-electron chi connectivity index (χ4n) is 2.85. The van der Waals surface area contributed by atoms with Crippen LogP contribution in [0, 0.1) is 0 Å². The Hall–Kier alpha value is -2.17. The molecule has 23 heavy (non-hydrogen) atoms. The Balaban J connectivity index is 2.16. The number of benzene rings is 1. The number of ether oxygens (including phenoxy) is 1. The molecule has 0 bridgehead atoms. The third-order valence-electron chi connectivity index (χ3n) is 4.02. The number of hydrogen-bond acceptors (Lipinski definition) is 4. The molecule has 2 rings (SSSR count). The zero-order valence-corrected chi connectivity index (χ0v) is 13.9. The zero-order valence-electron chi connectivity index (χ0n) is 13.9. The van der Waals surface area contributed by atoms with E-state index in [0.29, 0.717) is 42.7 Å². The van der Waals surface area contributed by atoms with Gasteiger partial charge in [-0.3, -0.25) is 19.3 Å². The summed E-state index contributed by atoms with van der Waals surface area (Å²) in [4.78, 5) is 38.1. The molecule has 0 saturated carbocycles. The second-order valence-electron chi connectivity index (χ2n) is 5.77. The van der Waals surface area contributed by atoms with Gasteiger partial charge >= 0.3 is 0 Å². The Morgan fingerprint density at radius 2 is 1.91 bits per heavy atom. The van der Waals surface area contributed by atoms with Crippen LogP contribution in [0.2, 0.25) is 0 Å². The van der Waals surface area contributed by atoms with Gasteiger partial charge in [0.05, 0.1) is 17.7 Å². The molecule has 0 spiro atoms. The number of imide groups is 1. The van der Waals surface area contributed by atoms with Crippen molar-refractivity contribution in [3.8, 4) is 5.75 Å². The Bertz CT molecular complexity index is 623. The van der Waals surface area contributed by atoms with E-state index in [9.17, 15) is 14.4 Å². The summed E-state index contributed by atoms with van der Waals surface area (Å²) in [7, 11) is 0. The van der Waals surface area contributed by atoms with Crippen LogP contribution in [0.5, 0.6) is 5.75 Å². The van der Waals surface area contributed by atoms with Gasteiger partial charge in [0, 0.05) is 18.9 Å². The first-order valence-electron chi connectivity index (χ1n) is 8.16. The summed E-state index contributed by atoms with van der Waals surface area (Å²) >= 11 is 0. The van der Waals surface area contributed by atoms with E-state index < -0.39 is 0 Å². The average Bonchev–Trinajstić information content (AvgIpc) is 2.78. The summed E-state index contributed by atoms with van der Waals surface area (Å²) in [6.07, 6.45) is 2.25. The molecule has 1 aromatic carbocycles. The maximum Gasteiger partial charge on any atom is 0.265 e. The van der Waals surface area contributed by atoms with Gasteiger partial charge in [-0.25, -0.2) is 0 Å². The topological polar surface area (TPSA) is 63.7 Å². The predicted molar refractivity (Wildman–Crippen MR) is 86.7 cm³/mol. The molecule has 0 N–H and O–H groups in total. The van der Waals surface area contributed by atoms with E-state index in [2.05, 4.69) is 0 Å². The maximum atomic E-state index is 12.7. The normalized spacial score (nSPS) is 14.8. The molecule has 0 radical (unpaired) electrons. The van der Waals surface area contributed by atoms with Gasteiger partial charge in [0.2, 0.25) is 0 Å². The first kappa shape index (κ1) is 17.2. The van der Waals surface area contributed by atoms with Crippen molar-refractivity contribution < 1.29 is 19.1 Å². The van der Waals surface area contributed by atoms with E-state index in [0.717, 1.165) is 6.42 Å². The zero-order chi connectivity index (χ0) is 17.0. The van der Waals surface area contributed by atoms with Crippen LogP contribution in [0.25, 0.3) is 0 Å². The molecule has 0 aliphatic carbocycles. The van der Waals surface area contributed by atoms with Crippen molar-refractivity contribution in [1.82, 2.24) is 4.90 Å². The van der Waals surface area contributed by atoms with Crippen LogP contribution in [0.4, 0.5) is 0 Å². The lowest BCUT2D eigenvalue weighted by Crippen LogP contribution is -2.38. The smallest absolute Gasteiger partial charge is 0.265 e. The Kier molecular flexibility index (Phi) is 5.53. The lowest BCUT2D eigenvalue weighted by atomic mass is 10.1. The number of ketones is 1. The van der Waals surface area contributed by atoms with Gasteiger partial charge in [0.25, 0.3) is 11.8 Å². The van der Waals surface area contributed by atoms with E-state index in [1.807, 2.05) is 13.8 Å². The molecule has 1 atom stereocenters. The summed E-state index contributed by atoms with van der Waals surface area (Å²) in [5, 5.41) is 0. The molecule has 5 nitrogen and oxygen atoms in total. The molecule has 0 saturated heterocycles. The first-order chi connectivity index (χ1) is 11.0. The molecule has 2 amide bonds. The maximum absolute atomic E-state index is 12.7. The van der Waals surface area contributed by atoms with Crippen molar-refractivity contribution in [1.29, 1.82) is 0 Å². The molecule has 1 aromatic rings. The lowest BCUT2D eigenvalue weighted by Gasteiger charge is -2.22. The van der Waals surface area contributed by atoms with Crippen LogP contribution < -0.4 is 4.74 Å². The van der Waals surface area contributed by atoms with E-state index in [4.69, 9.17) is 4.74 Å². The van der Waals surface area contributed by atoms with Crippen molar-refractivity contribution in [2.24, 2.45) is 0 Å². The first-order valence-corrected chi connectivity index (χ1v) is 8.16. The standard InChI is InChI=1S/C18H23NO4/c1-4-7-13(20)11-10-12(3)19-17(21)14-8-6-9-15(23-5-2)16(14)18(19)22/h6,8-9,12H,4-5,7,10-11H2,1-3H3. The van der Waals surface area contributed by atoms with E-state index in [-0.39, 0.29) is 23.6 Å². The van der Waals surface area contributed by atoms with Gasteiger partial charge in [-0.05, 0) is 38.8 Å². The fraction of sp³-hybridized carbons (Fsp3) is 0.500. The molecule has 1 unspecified atom stereocenters. The van der Waals surface area contributed by atoms with E-state index in [1.165, 1.54) is 4.90 Å². The third kappa shape index (κ3) is 3.44. The number of nitrogens with zero attached hydrogens (tertiary/aromatic N) is 1. The van der Waals surface area contributed by atoms with E-state index in [1.54, 1.807) is 25.1 Å². The SMILES string of the molecule is CCCC(=O)CCC(C)N1C(=O)c2cccc(OCC)c2C1=O. The molecule has 1 aliphatic heterocycles. The number of rotatable bonds is 8. The lowest BCUT2D eigenvalue weighted by molar-refractivity contribution is -0.119. The van der Waals surface area contributed by atoms with Crippen molar-refractivity contribution in [2.75, 3.05) is 6.61 Å². The van der Waals surface area contributed by atoms with Gasteiger partial charge in [0.15, 0.2) is 0 Å². The van der Waals surface area contributed by atoms with Gasteiger partial charge < -0.3 is 4.74 Å². The van der Waals surface area contributed by atoms with Crippen LogP contribution in [0.15, 0.2) is 18.2 Å². The van der Waals surface area contributed by atoms with Crippen LogP contribution >= 0.6 is 0 Å². The van der Waals surface area contributed by atoms with Gasteiger partial charge in [0.1, 0.15) is 11.5 Å². The van der Waals surface area contributed by atoms with Crippen LogP contribution in [-0.2, 0) is 4.79 Å². The number of hydrogen-bond donors (Lipinski definition) is 0. The third-order valence-corrected chi connectivity index (χ3v) is 4.02. The Morgan fingerprint density at radius 1 is 1.17 bits per heavy atom. The number of fused-ring (bicyclic) bond motifs is 1. The predicted octanol–water partition coefficient (Wildman–Crippen LogP) is 3.22. The second kappa shape index (κ2) is 7.40. The van der Waals surface area contributed by atoms with Crippen molar-refractivity contribution >= 4 is 17.6 Å². The minimum atomic E-state index is -0.329. The molecule has 0 fully saturated rings. The highest BCUT2D eigenvalue weighted by Gasteiger charge is 2.40. The second-order valence-corrected chi connectivity index (χ2v) is 5.77. The molecular formula is C18H23NO4. The average molecular weight is 317 g/mol. The molecule has 0 aromatic heterocycles. The number of Topliss-reactive ketones (excluding diaryl/α,β-unsaturated/α-hetero) is 1. The summed E-state index contributed by atoms with van der Waals surface area (Å²) < 4.78 is 5.47. The highest BCUT2D eigenvalue weighted by molar-refractivity contribution is 6.22. The molecular weight excluding hydrogens is 294 g/mol. The Morgan fingerprint density at radius 3 is 2.57 bits per heavy atom. The number of carbonyl (C=O) groups excluding carboxylic acids is 3. The Labute approximate surface area is 136 Å². The summed E-state index contributed by atoms with van der Waals surface area (Å²) in [6.45, 7) is 6.03. The minimum Gasteiger partial charge on any atom is -0.493 e. The van der Waals surface area contributed by atoms with Crippen LogP contribution in [0.1, 0.15) is 67.2 Å². The fourth-order valence-corrected chi connectivity index (χ4v) is 2.85. The molecule has 124 valence electrons. The van der Waals surface area contributed by atoms with Crippen molar-refractivity contribution in [2.45, 2.75) is 52.5 Å². The minimum absolute atomic E-state index is 0.172. The molecule has 5 heteroatoms. The van der Waals surface area contributed by atoms with Crippen molar-refractivity contribution in [3.05, 3.63) is 29.3 Å². The van der Waals surface area contributed by atoms with Crippen LogP contribution in [0.3, 0.4) is 0 Å². The molecule has 1 aliphatic rings. The van der Waals surface area contributed by atoms with Gasteiger partial charge in [-0.2, -0.15) is 0 Å². The summed E-state index contributed by atoms with van der Waals surface area (Å²) in [5.41, 5.74) is 0.721. The monoisotopic (exact) mass is 317 g/mol. The molecule has 1 heterocycles. The highest BCUT2D eigenvalue weighted by Crippen LogP contribution is 2.32. The van der Waals surface area contributed by atoms with Gasteiger partial charge in [-0.1, -0.05) is 13.0 Å². The number of carbonyl (C=O) groups is 3. The summed E-state index contributed by atoms with van der Waals surface area (Å²) in [6, 6.07) is 4.76. The quantitative estimate of drug-likeness (QED) is 0.691. The highest BCUT2D eigenvalue weighted by atomic mass is 16.5. The largest absolute Gasteiger partial charge is 0.493 e. The van der Waals surface area contributed by atoms with Gasteiger partial charge in [-0.15, -0.1) is 0 Å².